The van der Waals surface area contributed by atoms with Gasteiger partial charge in [-0.15, -0.1) is 0 Å². The molecule has 24 nitrogen and oxygen atoms in total. The number of carbonyl (C=O) groups is 9. The molecule has 5 rings (SSSR count). The van der Waals surface area contributed by atoms with Crippen LogP contribution in [0.3, 0.4) is 0 Å². The molecule has 3 aliphatic rings. The minimum atomic E-state index is -2.38. The second-order valence-corrected chi connectivity index (χ2v) is 17.6. The first-order valence-electron chi connectivity index (χ1n) is 20.6. The third kappa shape index (κ3) is 11.6. The van der Waals surface area contributed by atoms with E-state index in [2.05, 4.69) is 42.2 Å². The molecule has 2 aromatic rings. The van der Waals surface area contributed by atoms with Gasteiger partial charge in [-0.3, -0.25) is 43.2 Å². The smallest absolute Gasteiger partial charge is 0.248 e. The molecule has 3 unspecified atom stereocenters. The lowest BCUT2D eigenvalue weighted by Gasteiger charge is -2.32. The maximum atomic E-state index is 14.6. The van der Waals surface area contributed by atoms with Crippen molar-refractivity contribution < 1.29 is 68.1 Å². The number of fused-ring (bicyclic) bond motifs is 5. The third-order valence-electron chi connectivity index (χ3n) is 11.5. The minimum Gasteiger partial charge on any atom is -0.610 e. The van der Waals surface area contributed by atoms with Crippen molar-refractivity contribution in [3.8, 4) is 5.75 Å². The number of amides is 9. The molecule has 3 aliphatic heterocycles. The van der Waals surface area contributed by atoms with Crippen molar-refractivity contribution in [2.45, 2.75) is 99.9 Å². The fourth-order valence-corrected chi connectivity index (χ4v) is 9.10. The zero-order valence-electron chi connectivity index (χ0n) is 35.2. The molecule has 2 bridgehead atoms. The second-order valence-electron chi connectivity index (χ2n) is 16.1. The zero-order valence-corrected chi connectivity index (χ0v) is 36.0. The first-order chi connectivity index (χ1) is 30.2. The summed E-state index contributed by atoms with van der Waals surface area (Å²) in [5.41, 5.74) is 5.73. The van der Waals surface area contributed by atoms with Crippen molar-refractivity contribution >= 4 is 75.2 Å². The van der Waals surface area contributed by atoms with E-state index in [1.54, 1.807) is 13.8 Å². The van der Waals surface area contributed by atoms with Crippen molar-refractivity contribution in [3.63, 3.8) is 0 Å². The van der Waals surface area contributed by atoms with Crippen molar-refractivity contribution in [2.24, 2.45) is 17.6 Å². The normalized spacial score (nSPS) is 28.5. The number of nitrogens with one attached hydrogen (secondary N) is 8. The number of aromatic hydroxyl groups is 1. The Morgan fingerprint density at radius 3 is 2.22 bits per heavy atom. The highest BCUT2D eigenvalue weighted by molar-refractivity contribution is 7.91. The van der Waals surface area contributed by atoms with Crippen LogP contribution in [-0.2, 0) is 60.7 Å². The van der Waals surface area contributed by atoms with Gasteiger partial charge in [-0.25, -0.2) is 0 Å². The molecule has 9 amide bonds. The maximum Gasteiger partial charge on any atom is 0.248 e. The fraction of sp³-hybridized carbons (Fsp3) is 0.564. The summed E-state index contributed by atoms with van der Waals surface area (Å²) in [6, 6.07) is -5.99. The van der Waals surface area contributed by atoms with Crippen molar-refractivity contribution in [1.29, 1.82) is 0 Å². The molecule has 14 N–H and O–H groups in total. The van der Waals surface area contributed by atoms with E-state index in [0.29, 0.717) is 6.42 Å². The van der Waals surface area contributed by atoms with Crippen molar-refractivity contribution in [3.05, 3.63) is 23.8 Å². The number of hydrogen-bond donors (Lipinski definition) is 13. The standard InChI is InChI=1S/C39H54N10O14S/c1-4-16(2)31-36(60)42-11-29(55)43-25-15-64(63)38-21(20-6-5-18(51)7-22(20)46-38)9-23(33(57)41-12-30(56)47-31)44-37(61)32(17(3)27(53)14-50)48-35(59)26-8-19(52)13-49(26)39(62)24(10-28(40)54)45-34(25)58/h5-7,16-17,19,23-27,31-32,46,50-53H,4,8-15H2,1-3H3,(H2,40,54)(H,41,57)(H,42,60)(H,43,55)(H,44,61)(H,45,58)(H,47,56)(H,48,59)/t16-,17-,19?,23?,24-,25?,26-,27-,31-,32-,64+/m0/s1. The molecule has 4 heterocycles. The van der Waals surface area contributed by atoms with E-state index in [0.717, 1.165) is 4.90 Å². The number of primary amides is 1. The molecule has 25 heteroatoms. The summed E-state index contributed by atoms with van der Waals surface area (Å²) in [6.07, 6.45) is -4.42. The van der Waals surface area contributed by atoms with E-state index in [-0.39, 0.29) is 27.2 Å². The monoisotopic (exact) mass is 918 g/mol. The lowest BCUT2D eigenvalue weighted by Crippen LogP contribution is -2.62. The van der Waals surface area contributed by atoms with Crippen LogP contribution in [-0.4, -0.2) is 168 Å². The molecule has 0 aliphatic carbocycles. The van der Waals surface area contributed by atoms with Crippen LogP contribution in [0, 0.1) is 11.8 Å². The highest BCUT2D eigenvalue weighted by atomic mass is 32.2. The number of carbonyl (C=O) groups excluding carboxylic acids is 9. The van der Waals surface area contributed by atoms with Gasteiger partial charge in [0.05, 0.1) is 43.8 Å². The van der Waals surface area contributed by atoms with Gasteiger partial charge in [-0.1, -0.05) is 27.2 Å². The fourth-order valence-electron chi connectivity index (χ4n) is 7.70. The van der Waals surface area contributed by atoms with Gasteiger partial charge in [0.1, 0.15) is 41.7 Å². The number of phenols is 1. The van der Waals surface area contributed by atoms with Crippen LogP contribution >= 0.6 is 0 Å². The Balaban J connectivity index is 1.73. The van der Waals surface area contributed by atoms with Crippen LogP contribution in [0.1, 0.15) is 45.6 Å². The average Bonchev–Trinajstić information content (AvgIpc) is 3.82. The molecule has 1 fully saturated rings. The SMILES string of the molecule is CC[C@H](C)[C@@H]1NC(=O)CNC(=O)C2Cc3c([nH]c4cc(O)ccc34)[S@+]([O-])CC(NC(=O)CNC1=O)C(=O)N[C@@H](CC(N)=O)C(=O)N1CC(O)C[C@H]1C(=O)N[C@@H]([C@@H](C)[C@@H](O)CO)C(=O)N2. The van der Waals surface area contributed by atoms with Crippen LogP contribution in [0.4, 0.5) is 0 Å². The quantitative estimate of drug-likeness (QED) is 0.115. The molecule has 350 valence electrons. The number of aromatic amines is 1. The highest BCUT2D eigenvalue weighted by Crippen LogP contribution is 2.31. The molecule has 0 radical (unpaired) electrons. The molecule has 64 heavy (non-hydrogen) atoms. The predicted octanol–water partition coefficient (Wildman–Crippen LogP) is -5.92. The van der Waals surface area contributed by atoms with Gasteiger partial charge in [0.2, 0.25) is 58.2 Å². The van der Waals surface area contributed by atoms with Gasteiger partial charge in [-0.2, -0.15) is 0 Å². The number of nitrogens with two attached hydrogens (primary N) is 1. The summed E-state index contributed by atoms with van der Waals surface area (Å²) in [6.45, 7) is 1.76. The van der Waals surface area contributed by atoms with Gasteiger partial charge in [0, 0.05) is 53.5 Å². The first-order valence-corrected chi connectivity index (χ1v) is 21.9. The summed E-state index contributed by atoms with van der Waals surface area (Å²) in [4.78, 5) is 127. The molecule has 1 aromatic heterocycles. The summed E-state index contributed by atoms with van der Waals surface area (Å²) in [7, 11) is 0. The third-order valence-corrected chi connectivity index (χ3v) is 13.0. The summed E-state index contributed by atoms with van der Waals surface area (Å²) < 4.78 is 14.6. The summed E-state index contributed by atoms with van der Waals surface area (Å²) in [5.74, 6) is -12.1. The summed E-state index contributed by atoms with van der Waals surface area (Å²) >= 11 is -2.38. The number of aromatic nitrogens is 1. The first kappa shape index (κ1) is 49.0. The topological polar surface area (TPSA) is 387 Å². The van der Waals surface area contributed by atoms with E-state index in [1.807, 2.05) is 0 Å². The molecule has 0 saturated carbocycles. The largest absolute Gasteiger partial charge is 0.610 e. The van der Waals surface area contributed by atoms with Gasteiger partial charge in [0.15, 0.2) is 6.04 Å². The van der Waals surface area contributed by atoms with Crippen LogP contribution in [0.25, 0.3) is 10.9 Å². The van der Waals surface area contributed by atoms with Crippen LogP contribution < -0.4 is 43.0 Å². The number of aliphatic hydroxyl groups excluding tert-OH is 3. The number of hydrogen-bond acceptors (Lipinski definition) is 14. The lowest BCUT2D eigenvalue weighted by atomic mass is 9.93. The summed E-state index contributed by atoms with van der Waals surface area (Å²) in [5, 5.41) is 58.8. The molecular weight excluding hydrogens is 865 g/mol. The maximum absolute atomic E-state index is 14.6. The molecule has 1 aromatic carbocycles. The van der Waals surface area contributed by atoms with Crippen LogP contribution in [0.2, 0.25) is 0 Å². The second kappa shape index (κ2) is 21.1. The average molecular weight is 919 g/mol. The molecule has 1 saturated heterocycles. The van der Waals surface area contributed by atoms with Gasteiger partial charge < -0.3 is 77.8 Å². The minimum absolute atomic E-state index is 0.0800. The molecule has 11 atom stereocenters. The Hall–Kier alpha value is -6.02. The molecular formula is C39H54N10O14S. The Morgan fingerprint density at radius 1 is 0.891 bits per heavy atom. The Bertz CT molecular complexity index is 2160. The Labute approximate surface area is 368 Å². The number of H-pyrrole nitrogens is 1. The zero-order chi connectivity index (χ0) is 47.2. The van der Waals surface area contributed by atoms with Gasteiger partial charge in [-0.05, 0) is 18.1 Å². The van der Waals surface area contributed by atoms with E-state index in [1.165, 1.54) is 25.1 Å². The highest BCUT2D eigenvalue weighted by Gasteiger charge is 2.45. The van der Waals surface area contributed by atoms with E-state index >= 15 is 0 Å². The van der Waals surface area contributed by atoms with Crippen molar-refractivity contribution in [2.75, 3.05) is 32.0 Å². The Kier molecular flexibility index (Phi) is 16.2. The number of aliphatic hydroxyl groups is 3. The van der Waals surface area contributed by atoms with E-state index in [9.17, 15) is 68.1 Å². The van der Waals surface area contributed by atoms with Crippen molar-refractivity contribution in [1.82, 2.24) is 47.1 Å². The Morgan fingerprint density at radius 2 is 1.56 bits per heavy atom. The van der Waals surface area contributed by atoms with E-state index in [4.69, 9.17) is 5.73 Å². The van der Waals surface area contributed by atoms with Gasteiger partial charge in [0.25, 0.3) is 0 Å². The molecule has 0 spiro atoms. The number of benzene rings is 1. The number of nitrogens with zero attached hydrogens (tertiary/aromatic N) is 1. The van der Waals surface area contributed by atoms with Crippen LogP contribution in [0.15, 0.2) is 23.2 Å². The van der Waals surface area contributed by atoms with Gasteiger partial charge >= 0.3 is 0 Å². The lowest BCUT2D eigenvalue weighted by molar-refractivity contribution is -0.144. The number of phenolic OH excluding ortho intramolecular Hbond substituents is 1. The number of rotatable bonds is 7. The predicted molar refractivity (Wildman–Crippen MR) is 222 cm³/mol. The van der Waals surface area contributed by atoms with E-state index < -0.39 is 176 Å². The van der Waals surface area contributed by atoms with Crippen LogP contribution in [0.5, 0.6) is 5.75 Å².